The average molecular weight is 267 g/mol. The third-order valence-corrected chi connectivity index (χ3v) is 3.81. The number of amides is 2. The number of aromatic nitrogens is 1. The molecule has 20 heavy (non-hydrogen) atoms. The third kappa shape index (κ3) is 2.50. The van der Waals surface area contributed by atoms with Crippen molar-refractivity contribution in [3.8, 4) is 0 Å². The van der Waals surface area contributed by atoms with Gasteiger partial charge in [-0.25, -0.2) is 4.79 Å². The van der Waals surface area contributed by atoms with Crippen molar-refractivity contribution in [3.05, 3.63) is 60.4 Å². The molecule has 1 fully saturated rings. The third-order valence-electron chi connectivity index (χ3n) is 3.81. The zero-order chi connectivity index (χ0) is 13.8. The molecule has 0 unspecified atom stereocenters. The van der Waals surface area contributed by atoms with Gasteiger partial charge in [0.15, 0.2) is 0 Å². The Hall–Kier alpha value is -2.36. The molecule has 0 aliphatic heterocycles. The van der Waals surface area contributed by atoms with E-state index in [1.165, 1.54) is 5.56 Å². The number of rotatable bonds is 3. The van der Waals surface area contributed by atoms with Gasteiger partial charge in [-0.1, -0.05) is 30.3 Å². The van der Waals surface area contributed by atoms with E-state index in [0.29, 0.717) is 5.69 Å². The standard InChI is InChI=1S/C16H17N3O/c20-15(18-14-8-4-11-17-12-14)19-16(9-5-10-16)13-6-2-1-3-7-13/h1-4,6-8,11-12H,5,9-10H2,(H2,18,19,20). The second-order valence-electron chi connectivity index (χ2n) is 5.12. The van der Waals surface area contributed by atoms with Gasteiger partial charge in [0.05, 0.1) is 17.4 Å². The molecule has 4 nitrogen and oxygen atoms in total. The van der Waals surface area contributed by atoms with Crippen molar-refractivity contribution < 1.29 is 4.79 Å². The van der Waals surface area contributed by atoms with Crippen LogP contribution in [0.25, 0.3) is 0 Å². The summed E-state index contributed by atoms with van der Waals surface area (Å²) in [5, 5.41) is 5.94. The molecule has 2 N–H and O–H groups in total. The molecule has 0 spiro atoms. The van der Waals surface area contributed by atoms with Gasteiger partial charge in [0, 0.05) is 6.20 Å². The molecule has 1 aromatic heterocycles. The van der Waals surface area contributed by atoms with E-state index in [4.69, 9.17) is 0 Å². The Kier molecular flexibility index (Phi) is 3.37. The van der Waals surface area contributed by atoms with Crippen molar-refractivity contribution in [2.75, 3.05) is 5.32 Å². The topological polar surface area (TPSA) is 54.0 Å². The maximum Gasteiger partial charge on any atom is 0.319 e. The summed E-state index contributed by atoms with van der Waals surface area (Å²) in [6, 6.07) is 13.6. The van der Waals surface area contributed by atoms with Crippen LogP contribution >= 0.6 is 0 Å². The van der Waals surface area contributed by atoms with Gasteiger partial charge in [0.25, 0.3) is 0 Å². The highest BCUT2D eigenvalue weighted by molar-refractivity contribution is 5.89. The molecule has 1 saturated carbocycles. The fourth-order valence-corrected chi connectivity index (χ4v) is 2.59. The van der Waals surface area contributed by atoms with Gasteiger partial charge >= 0.3 is 6.03 Å². The Labute approximate surface area is 118 Å². The Balaban J connectivity index is 1.71. The summed E-state index contributed by atoms with van der Waals surface area (Å²) in [5.41, 5.74) is 1.66. The van der Waals surface area contributed by atoms with Crippen LogP contribution in [0.2, 0.25) is 0 Å². The number of hydrogen-bond donors (Lipinski definition) is 2. The number of anilines is 1. The predicted octanol–water partition coefficient (Wildman–Crippen LogP) is 3.28. The Morgan fingerprint density at radius 1 is 1.10 bits per heavy atom. The number of carbonyl (C=O) groups excluding carboxylic acids is 1. The molecular weight excluding hydrogens is 250 g/mol. The van der Waals surface area contributed by atoms with Crippen molar-refractivity contribution in [3.63, 3.8) is 0 Å². The maximum absolute atomic E-state index is 12.1. The van der Waals surface area contributed by atoms with E-state index >= 15 is 0 Å². The van der Waals surface area contributed by atoms with E-state index in [0.717, 1.165) is 19.3 Å². The zero-order valence-electron chi connectivity index (χ0n) is 11.2. The second-order valence-corrected chi connectivity index (χ2v) is 5.12. The van der Waals surface area contributed by atoms with Gasteiger partial charge in [0.1, 0.15) is 0 Å². The average Bonchev–Trinajstić information content (AvgIpc) is 2.45. The first-order valence-electron chi connectivity index (χ1n) is 6.83. The maximum atomic E-state index is 12.1. The summed E-state index contributed by atoms with van der Waals surface area (Å²) in [7, 11) is 0. The number of urea groups is 1. The van der Waals surface area contributed by atoms with Crippen molar-refractivity contribution in [1.29, 1.82) is 0 Å². The number of carbonyl (C=O) groups is 1. The first-order valence-corrected chi connectivity index (χ1v) is 6.83. The highest BCUT2D eigenvalue weighted by Gasteiger charge is 2.39. The molecule has 4 heteroatoms. The smallest absolute Gasteiger partial charge is 0.319 e. The molecular formula is C16H17N3O. The van der Waals surface area contributed by atoms with E-state index in [1.807, 2.05) is 24.3 Å². The van der Waals surface area contributed by atoms with Gasteiger partial charge in [-0.3, -0.25) is 4.98 Å². The minimum absolute atomic E-state index is 0.179. The molecule has 1 heterocycles. The zero-order valence-corrected chi connectivity index (χ0v) is 11.2. The van der Waals surface area contributed by atoms with E-state index in [2.05, 4.69) is 27.8 Å². The molecule has 1 aliphatic rings. The second kappa shape index (κ2) is 5.33. The fourth-order valence-electron chi connectivity index (χ4n) is 2.59. The van der Waals surface area contributed by atoms with Gasteiger partial charge in [-0.2, -0.15) is 0 Å². The summed E-state index contributed by atoms with van der Waals surface area (Å²) in [4.78, 5) is 16.1. The van der Waals surface area contributed by atoms with Crippen molar-refractivity contribution in [2.45, 2.75) is 24.8 Å². The van der Waals surface area contributed by atoms with Crippen molar-refractivity contribution in [2.24, 2.45) is 0 Å². The normalized spacial score (nSPS) is 16.0. The molecule has 0 saturated heterocycles. The summed E-state index contributed by atoms with van der Waals surface area (Å²) >= 11 is 0. The largest absolute Gasteiger partial charge is 0.328 e. The Morgan fingerprint density at radius 3 is 2.50 bits per heavy atom. The lowest BCUT2D eigenvalue weighted by Crippen LogP contribution is -2.52. The van der Waals surface area contributed by atoms with Crippen LogP contribution in [-0.4, -0.2) is 11.0 Å². The van der Waals surface area contributed by atoms with Crippen LogP contribution in [0.1, 0.15) is 24.8 Å². The molecule has 0 radical (unpaired) electrons. The van der Waals surface area contributed by atoms with Gasteiger partial charge < -0.3 is 10.6 Å². The van der Waals surface area contributed by atoms with Crippen LogP contribution in [0.4, 0.5) is 10.5 Å². The lowest BCUT2D eigenvalue weighted by molar-refractivity contribution is 0.185. The first kappa shape index (κ1) is 12.7. The molecule has 0 bridgehead atoms. The van der Waals surface area contributed by atoms with Crippen LogP contribution in [0.3, 0.4) is 0 Å². The van der Waals surface area contributed by atoms with Crippen LogP contribution < -0.4 is 10.6 Å². The van der Waals surface area contributed by atoms with E-state index in [-0.39, 0.29) is 11.6 Å². The van der Waals surface area contributed by atoms with E-state index in [1.54, 1.807) is 18.5 Å². The van der Waals surface area contributed by atoms with Gasteiger partial charge in [-0.15, -0.1) is 0 Å². The molecule has 2 amide bonds. The van der Waals surface area contributed by atoms with Crippen LogP contribution in [-0.2, 0) is 5.54 Å². The quantitative estimate of drug-likeness (QED) is 0.896. The molecule has 102 valence electrons. The summed E-state index contributed by atoms with van der Waals surface area (Å²) in [6.45, 7) is 0. The molecule has 1 aromatic carbocycles. The molecule has 2 aromatic rings. The van der Waals surface area contributed by atoms with Crippen molar-refractivity contribution in [1.82, 2.24) is 10.3 Å². The fraction of sp³-hybridized carbons (Fsp3) is 0.250. The number of pyridine rings is 1. The highest BCUT2D eigenvalue weighted by Crippen LogP contribution is 2.41. The number of nitrogens with one attached hydrogen (secondary N) is 2. The minimum Gasteiger partial charge on any atom is -0.328 e. The lowest BCUT2D eigenvalue weighted by Gasteiger charge is -2.43. The highest BCUT2D eigenvalue weighted by atomic mass is 16.2. The molecule has 0 atom stereocenters. The monoisotopic (exact) mass is 267 g/mol. The molecule has 1 aliphatic carbocycles. The molecule has 3 rings (SSSR count). The summed E-state index contributed by atoms with van der Waals surface area (Å²) < 4.78 is 0. The van der Waals surface area contributed by atoms with Crippen molar-refractivity contribution >= 4 is 11.7 Å². The SMILES string of the molecule is O=C(Nc1cccnc1)NC1(c2ccccc2)CCC1. The van der Waals surface area contributed by atoms with E-state index in [9.17, 15) is 4.79 Å². The van der Waals surface area contributed by atoms with Crippen LogP contribution in [0, 0.1) is 0 Å². The first-order chi connectivity index (χ1) is 9.78. The predicted molar refractivity (Wildman–Crippen MR) is 78.4 cm³/mol. The lowest BCUT2D eigenvalue weighted by atomic mass is 9.72. The Bertz CT molecular complexity index is 579. The number of hydrogen-bond acceptors (Lipinski definition) is 2. The van der Waals surface area contributed by atoms with E-state index < -0.39 is 0 Å². The minimum atomic E-state index is -0.215. The van der Waals surface area contributed by atoms with Crippen LogP contribution in [0.15, 0.2) is 54.9 Å². The van der Waals surface area contributed by atoms with Gasteiger partial charge in [0.2, 0.25) is 0 Å². The number of nitrogens with zero attached hydrogens (tertiary/aromatic N) is 1. The summed E-state index contributed by atoms with van der Waals surface area (Å²) in [5.74, 6) is 0. The van der Waals surface area contributed by atoms with Crippen LogP contribution in [0.5, 0.6) is 0 Å². The summed E-state index contributed by atoms with van der Waals surface area (Å²) in [6.07, 6.45) is 6.42. The number of benzene rings is 1. The van der Waals surface area contributed by atoms with Gasteiger partial charge in [-0.05, 0) is 37.0 Å². The Morgan fingerprint density at radius 2 is 1.90 bits per heavy atom.